The van der Waals surface area contributed by atoms with Crippen LogP contribution in [0.3, 0.4) is 0 Å². The summed E-state index contributed by atoms with van der Waals surface area (Å²) in [6.45, 7) is 7.82. The molecule has 118 valence electrons. The van der Waals surface area contributed by atoms with Crippen LogP contribution >= 0.6 is 11.6 Å². The second-order valence-electron chi connectivity index (χ2n) is 6.61. The first kappa shape index (κ1) is 16.8. The van der Waals surface area contributed by atoms with Crippen molar-refractivity contribution in [1.29, 1.82) is 0 Å². The van der Waals surface area contributed by atoms with E-state index in [4.69, 9.17) is 11.6 Å². The van der Waals surface area contributed by atoms with Gasteiger partial charge in [0.2, 0.25) is 0 Å². The highest BCUT2D eigenvalue weighted by molar-refractivity contribution is 6.30. The number of benzene rings is 1. The van der Waals surface area contributed by atoms with Crippen LogP contribution in [0.1, 0.15) is 69.5 Å². The Bertz CT molecular complexity index is 423. The molecular weight excluding hydrogens is 278 g/mol. The van der Waals surface area contributed by atoms with E-state index in [1.54, 1.807) is 0 Å². The summed E-state index contributed by atoms with van der Waals surface area (Å²) in [6.07, 6.45) is 8.01. The topological polar surface area (TPSA) is 12.0 Å². The van der Waals surface area contributed by atoms with Gasteiger partial charge in [0.05, 0.1) is 0 Å². The second-order valence-corrected chi connectivity index (χ2v) is 7.05. The standard InChI is InChI=1S/C19H30ClN/c1-4-10-21-19(16-11-14(3)12-17(20)13-16)18-9-7-6-8-15(18)5-2/h11-13,15,18-19,21H,4-10H2,1-3H3. The molecule has 1 saturated carbocycles. The van der Waals surface area contributed by atoms with Crippen LogP contribution in [0, 0.1) is 18.8 Å². The van der Waals surface area contributed by atoms with Gasteiger partial charge in [-0.15, -0.1) is 0 Å². The van der Waals surface area contributed by atoms with E-state index in [2.05, 4.69) is 44.3 Å². The lowest BCUT2D eigenvalue weighted by molar-refractivity contribution is 0.175. The molecule has 1 aromatic rings. The lowest BCUT2D eigenvalue weighted by Gasteiger charge is -2.38. The average molecular weight is 308 g/mol. The maximum absolute atomic E-state index is 6.31. The minimum Gasteiger partial charge on any atom is -0.310 e. The van der Waals surface area contributed by atoms with Crippen molar-refractivity contribution in [3.05, 3.63) is 34.3 Å². The Balaban J connectivity index is 2.27. The highest BCUT2D eigenvalue weighted by Gasteiger charge is 2.31. The van der Waals surface area contributed by atoms with Crippen molar-refractivity contribution < 1.29 is 0 Å². The molecule has 2 heteroatoms. The second kappa shape index (κ2) is 8.19. The lowest BCUT2D eigenvalue weighted by atomic mass is 9.72. The van der Waals surface area contributed by atoms with Gasteiger partial charge in [0.25, 0.3) is 0 Å². The van der Waals surface area contributed by atoms with Gasteiger partial charge in [-0.05, 0) is 61.4 Å². The van der Waals surface area contributed by atoms with Crippen LogP contribution in [0.25, 0.3) is 0 Å². The van der Waals surface area contributed by atoms with Gasteiger partial charge in [-0.1, -0.05) is 57.2 Å². The molecule has 1 aliphatic rings. The summed E-state index contributed by atoms with van der Waals surface area (Å²) < 4.78 is 0. The van der Waals surface area contributed by atoms with E-state index in [0.29, 0.717) is 6.04 Å². The Morgan fingerprint density at radius 3 is 2.62 bits per heavy atom. The molecule has 0 saturated heterocycles. The molecule has 0 aliphatic heterocycles. The zero-order valence-electron chi connectivity index (χ0n) is 13.8. The fourth-order valence-electron chi connectivity index (χ4n) is 3.94. The first-order valence-electron chi connectivity index (χ1n) is 8.66. The quantitative estimate of drug-likeness (QED) is 0.689. The van der Waals surface area contributed by atoms with Crippen molar-refractivity contribution in [3.63, 3.8) is 0 Å². The largest absolute Gasteiger partial charge is 0.310 e. The fraction of sp³-hybridized carbons (Fsp3) is 0.684. The Morgan fingerprint density at radius 2 is 1.95 bits per heavy atom. The molecular formula is C19H30ClN. The van der Waals surface area contributed by atoms with Crippen molar-refractivity contribution in [1.82, 2.24) is 5.32 Å². The van der Waals surface area contributed by atoms with Crippen LogP contribution in [-0.4, -0.2) is 6.54 Å². The number of rotatable bonds is 6. The molecule has 1 aliphatic carbocycles. The predicted octanol–water partition coefficient (Wildman–Crippen LogP) is 5.91. The van der Waals surface area contributed by atoms with Gasteiger partial charge in [0.15, 0.2) is 0 Å². The minimum atomic E-state index is 0.465. The van der Waals surface area contributed by atoms with Crippen LogP contribution < -0.4 is 5.32 Å². The minimum absolute atomic E-state index is 0.465. The van der Waals surface area contributed by atoms with Crippen molar-refractivity contribution in [2.24, 2.45) is 11.8 Å². The van der Waals surface area contributed by atoms with Gasteiger partial charge in [-0.2, -0.15) is 0 Å². The maximum atomic E-state index is 6.31. The van der Waals surface area contributed by atoms with E-state index >= 15 is 0 Å². The summed E-state index contributed by atoms with van der Waals surface area (Å²) in [6, 6.07) is 7.01. The summed E-state index contributed by atoms with van der Waals surface area (Å²) in [7, 11) is 0. The molecule has 1 N–H and O–H groups in total. The van der Waals surface area contributed by atoms with Crippen LogP contribution in [0.2, 0.25) is 5.02 Å². The van der Waals surface area contributed by atoms with E-state index in [9.17, 15) is 0 Å². The number of hydrogen-bond donors (Lipinski definition) is 1. The van der Waals surface area contributed by atoms with Gasteiger partial charge < -0.3 is 5.32 Å². The third-order valence-corrected chi connectivity index (χ3v) is 5.18. The van der Waals surface area contributed by atoms with Gasteiger partial charge >= 0.3 is 0 Å². The van der Waals surface area contributed by atoms with Crippen molar-refractivity contribution in [3.8, 4) is 0 Å². The smallest absolute Gasteiger partial charge is 0.0411 e. The Labute approximate surface area is 135 Å². The number of halogens is 1. The summed E-state index contributed by atoms with van der Waals surface area (Å²) in [5.74, 6) is 1.61. The molecule has 1 aromatic carbocycles. The molecule has 21 heavy (non-hydrogen) atoms. The van der Waals surface area contributed by atoms with Crippen LogP contribution in [0.4, 0.5) is 0 Å². The number of aryl methyl sites for hydroxylation is 1. The molecule has 3 atom stereocenters. The number of hydrogen-bond acceptors (Lipinski definition) is 1. The Hall–Kier alpha value is -0.530. The molecule has 0 aromatic heterocycles. The van der Waals surface area contributed by atoms with Gasteiger partial charge in [-0.3, -0.25) is 0 Å². The highest BCUT2D eigenvalue weighted by atomic mass is 35.5. The van der Waals surface area contributed by atoms with Gasteiger partial charge in [0, 0.05) is 11.1 Å². The van der Waals surface area contributed by atoms with Gasteiger partial charge in [-0.25, -0.2) is 0 Å². The zero-order valence-corrected chi connectivity index (χ0v) is 14.5. The maximum Gasteiger partial charge on any atom is 0.0411 e. The molecule has 0 amide bonds. The average Bonchev–Trinajstić information content (AvgIpc) is 2.47. The van der Waals surface area contributed by atoms with Crippen LogP contribution in [0.15, 0.2) is 18.2 Å². The van der Waals surface area contributed by atoms with Crippen LogP contribution in [-0.2, 0) is 0 Å². The van der Waals surface area contributed by atoms with E-state index in [-0.39, 0.29) is 0 Å². The van der Waals surface area contributed by atoms with E-state index < -0.39 is 0 Å². The molecule has 3 unspecified atom stereocenters. The molecule has 0 spiro atoms. The summed E-state index contributed by atoms with van der Waals surface area (Å²) in [4.78, 5) is 0. The fourth-order valence-corrected chi connectivity index (χ4v) is 4.24. The third kappa shape index (κ3) is 4.47. The summed E-state index contributed by atoms with van der Waals surface area (Å²) in [5, 5.41) is 4.69. The molecule has 1 nitrogen and oxygen atoms in total. The van der Waals surface area contributed by atoms with Crippen molar-refractivity contribution >= 4 is 11.6 Å². The Morgan fingerprint density at radius 1 is 1.19 bits per heavy atom. The first-order valence-corrected chi connectivity index (χ1v) is 9.04. The normalized spacial score (nSPS) is 24.0. The van der Waals surface area contributed by atoms with Crippen molar-refractivity contribution in [2.75, 3.05) is 6.54 Å². The van der Waals surface area contributed by atoms with E-state index in [1.165, 1.54) is 49.7 Å². The predicted molar refractivity (Wildman–Crippen MR) is 93.0 cm³/mol. The summed E-state index contributed by atoms with van der Waals surface area (Å²) in [5.41, 5.74) is 2.66. The molecule has 0 heterocycles. The van der Waals surface area contributed by atoms with E-state index in [1.807, 2.05) is 0 Å². The van der Waals surface area contributed by atoms with Crippen molar-refractivity contribution in [2.45, 2.75) is 65.3 Å². The molecule has 0 bridgehead atoms. The first-order chi connectivity index (χ1) is 10.2. The molecule has 1 fully saturated rings. The Kier molecular flexibility index (Phi) is 6.57. The molecule has 2 rings (SSSR count). The van der Waals surface area contributed by atoms with E-state index in [0.717, 1.165) is 23.4 Å². The monoisotopic (exact) mass is 307 g/mol. The summed E-state index contributed by atoms with van der Waals surface area (Å²) >= 11 is 6.31. The molecule has 0 radical (unpaired) electrons. The lowest BCUT2D eigenvalue weighted by Crippen LogP contribution is -2.35. The zero-order chi connectivity index (χ0) is 15.2. The highest BCUT2D eigenvalue weighted by Crippen LogP contribution is 2.40. The SMILES string of the molecule is CCCNC(c1cc(C)cc(Cl)c1)C1CCCCC1CC. The third-order valence-electron chi connectivity index (χ3n) is 4.96. The van der Waals surface area contributed by atoms with Crippen LogP contribution in [0.5, 0.6) is 0 Å². The number of nitrogens with one attached hydrogen (secondary N) is 1. The van der Waals surface area contributed by atoms with Gasteiger partial charge in [0.1, 0.15) is 0 Å².